The van der Waals surface area contributed by atoms with Crippen molar-refractivity contribution in [3.05, 3.63) is 22.2 Å². The van der Waals surface area contributed by atoms with Gasteiger partial charge >= 0.3 is 5.69 Å². The van der Waals surface area contributed by atoms with Crippen LogP contribution in [0.5, 0.6) is 0 Å². The van der Waals surface area contributed by atoms with Crippen molar-refractivity contribution in [3.8, 4) is 6.07 Å². The summed E-state index contributed by atoms with van der Waals surface area (Å²) in [5.41, 5.74) is -0.204. The summed E-state index contributed by atoms with van der Waals surface area (Å²) >= 11 is 0. The van der Waals surface area contributed by atoms with E-state index in [1.54, 1.807) is 6.07 Å². The second kappa shape index (κ2) is 5.00. The van der Waals surface area contributed by atoms with Crippen LogP contribution in [-0.4, -0.2) is 23.6 Å². The fourth-order valence-corrected chi connectivity index (χ4v) is 1.97. The number of nitrogens with zero attached hydrogens (tertiary/aromatic N) is 3. The van der Waals surface area contributed by atoms with Crippen LogP contribution < -0.4 is 10.6 Å². The third-order valence-electron chi connectivity index (χ3n) is 3.34. The minimum absolute atomic E-state index is 0.260. The van der Waals surface area contributed by atoms with E-state index in [2.05, 4.69) is 9.97 Å². The lowest BCUT2D eigenvalue weighted by atomic mass is 9.83. The molecule has 1 heterocycles. The van der Waals surface area contributed by atoms with Crippen molar-refractivity contribution in [1.82, 2.24) is 9.97 Å². The van der Waals surface area contributed by atoms with Gasteiger partial charge < -0.3 is 4.90 Å². The molecule has 1 aromatic rings. The van der Waals surface area contributed by atoms with Crippen molar-refractivity contribution >= 4 is 5.82 Å². The quantitative estimate of drug-likeness (QED) is 0.848. The zero-order valence-corrected chi connectivity index (χ0v) is 9.94. The van der Waals surface area contributed by atoms with Crippen molar-refractivity contribution < 1.29 is 0 Å². The van der Waals surface area contributed by atoms with Crippen LogP contribution in [-0.2, 0) is 0 Å². The lowest BCUT2D eigenvalue weighted by Crippen LogP contribution is -2.26. The van der Waals surface area contributed by atoms with Crippen molar-refractivity contribution in [1.29, 1.82) is 5.26 Å². The van der Waals surface area contributed by atoms with Crippen molar-refractivity contribution in [2.24, 2.45) is 5.92 Å². The Bertz CT molecular complexity index is 484. The Labute approximate surface area is 100 Å². The van der Waals surface area contributed by atoms with Gasteiger partial charge in [0.05, 0.1) is 0 Å². The predicted octanol–water partition coefficient (Wildman–Crippen LogP) is 1.27. The van der Waals surface area contributed by atoms with E-state index in [0.717, 1.165) is 18.9 Å². The number of H-pyrrole nitrogens is 1. The molecule has 1 N–H and O–H groups in total. The van der Waals surface area contributed by atoms with Gasteiger partial charge in [0.2, 0.25) is 0 Å². The van der Waals surface area contributed by atoms with Gasteiger partial charge in [0.1, 0.15) is 17.6 Å². The van der Waals surface area contributed by atoms with Gasteiger partial charge in [0, 0.05) is 19.7 Å². The maximum absolute atomic E-state index is 11.2. The van der Waals surface area contributed by atoms with Crippen LogP contribution >= 0.6 is 0 Å². The Morgan fingerprint density at radius 1 is 1.65 bits per heavy atom. The molecule has 90 valence electrons. The van der Waals surface area contributed by atoms with E-state index < -0.39 is 5.69 Å². The minimum atomic E-state index is -0.463. The molecule has 0 spiro atoms. The van der Waals surface area contributed by atoms with Crippen LogP contribution in [0, 0.1) is 17.2 Å². The van der Waals surface area contributed by atoms with Gasteiger partial charge in [-0.3, -0.25) is 4.98 Å². The summed E-state index contributed by atoms with van der Waals surface area (Å²) in [6.07, 6.45) is 5.11. The molecule has 0 amide bonds. The zero-order valence-electron chi connectivity index (χ0n) is 9.94. The van der Waals surface area contributed by atoms with Crippen LogP contribution in [0.25, 0.3) is 0 Å². The Hall–Kier alpha value is -1.83. The van der Waals surface area contributed by atoms with Gasteiger partial charge in [-0.2, -0.15) is 10.2 Å². The first-order valence-electron chi connectivity index (χ1n) is 5.91. The van der Waals surface area contributed by atoms with Crippen molar-refractivity contribution in [2.75, 3.05) is 18.5 Å². The number of rotatable bonds is 4. The highest BCUT2D eigenvalue weighted by molar-refractivity contribution is 5.40. The van der Waals surface area contributed by atoms with Gasteiger partial charge in [-0.25, -0.2) is 4.79 Å². The first-order valence-corrected chi connectivity index (χ1v) is 5.91. The summed E-state index contributed by atoms with van der Waals surface area (Å²) in [5.74, 6) is 1.40. The van der Waals surface area contributed by atoms with Crippen LogP contribution in [0.3, 0.4) is 0 Å². The molecule has 0 bridgehead atoms. The van der Waals surface area contributed by atoms with Gasteiger partial charge in [0.25, 0.3) is 0 Å². The molecule has 2 rings (SSSR count). The van der Waals surface area contributed by atoms with Gasteiger partial charge in [-0.05, 0) is 12.3 Å². The number of nitrogens with one attached hydrogen (secondary N) is 1. The van der Waals surface area contributed by atoms with Crippen LogP contribution in [0.4, 0.5) is 5.82 Å². The number of aromatic amines is 1. The van der Waals surface area contributed by atoms with E-state index in [1.807, 2.05) is 18.0 Å². The second-order valence-electron chi connectivity index (χ2n) is 4.58. The predicted molar refractivity (Wildman–Crippen MR) is 64.8 cm³/mol. The summed E-state index contributed by atoms with van der Waals surface area (Å²) in [5, 5.41) is 8.77. The lowest BCUT2D eigenvalue weighted by Gasteiger charge is -2.27. The third-order valence-corrected chi connectivity index (χ3v) is 3.34. The Kier molecular flexibility index (Phi) is 3.43. The van der Waals surface area contributed by atoms with Crippen LogP contribution in [0.2, 0.25) is 0 Å². The summed E-state index contributed by atoms with van der Waals surface area (Å²) in [4.78, 5) is 19.4. The van der Waals surface area contributed by atoms with Gasteiger partial charge in [-0.1, -0.05) is 19.3 Å². The van der Waals surface area contributed by atoms with Gasteiger partial charge in [0.15, 0.2) is 0 Å². The molecule has 5 nitrogen and oxygen atoms in total. The highest BCUT2D eigenvalue weighted by Crippen LogP contribution is 2.29. The SMILES string of the molecule is CN(CCC1CCC1)c1cc(C#N)[nH]c(=O)n1. The average molecular weight is 232 g/mol. The molecule has 0 aliphatic heterocycles. The van der Waals surface area contributed by atoms with Crippen LogP contribution in [0.15, 0.2) is 10.9 Å². The monoisotopic (exact) mass is 232 g/mol. The number of aromatic nitrogens is 2. The topological polar surface area (TPSA) is 72.8 Å². The van der Waals surface area contributed by atoms with Crippen molar-refractivity contribution in [3.63, 3.8) is 0 Å². The standard InChI is InChI=1S/C12H16N4O/c1-16(6-5-9-3-2-4-9)11-7-10(8-13)14-12(17)15-11/h7,9H,2-6H2,1H3,(H,14,15,17). The molecule has 17 heavy (non-hydrogen) atoms. The molecule has 0 saturated heterocycles. The smallest absolute Gasteiger partial charge is 0.347 e. The largest absolute Gasteiger partial charge is 0.359 e. The second-order valence-corrected chi connectivity index (χ2v) is 4.58. The molecular formula is C12H16N4O. The van der Waals surface area contributed by atoms with Crippen molar-refractivity contribution in [2.45, 2.75) is 25.7 Å². The van der Waals surface area contributed by atoms with E-state index in [4.69, 9.17) is 5.26 Å². The Balaban J connectivity index is 2.02. The molecule has 1 aliphatic rings. The number of hydrogen-bond acceptors (Lipinski definition) is 4. The zero-order chi connectivity index (χ0) is 12.3. The molecule has 1 saturated carbocycles. The van der Waals surface area contributed by atoms with E-state index in [0.29, 0.717) is 5.82 Å². The first kappa shape index (κ1) is 11.6. The molecule has 0 radical (unpaired) electrons. The van der Waals surface area contributed by atoms with E-state index in [-0.39, 0.29) is 5.69 Å². The number of nitriles is 1. The summed E-state index contributed by atoms with van der Waals surface area (Å²) in [7, 11) is 1.90. The fourth-order valence-electron chi connectivity index (χ4n) is 1.97. The molecule has 0 atom stereocenters. The lowest BCUT2D eigenvalue weighted by molar-refractivity contribution is 0.299. The summed E-state index contributed by atoms with van der Waals surface area (Å²) in [6, 6.07) is 3.54. The molecule has 1 fully saturated rings. The first-order chi connectivity index (χ1) is 8.19. The number of anilines is 1. The highest BCUT2D eigenvalue weighted by Gasteiger charge is 2.18. The molecule has 1 aliphatic carbocycles. The minimum Gasteiger partial charge on any atom is -0.359 e. The molecule has 0 unspecified atom stereocenters. The maximum Gasteiger partial charge on any atom is 0.347 e. The fraction of sp³-hybridized carbons (Fsp3) is 0.583. The maximum atomic E-state index is 11.2. The molecular weight excluding hydrogens is 216 g/mol. The average Bonchev–Trinajstić information content (AvgIpc) is 2.25. The third kappa shape index (κ3) is 2.84. The molecule has 1 aromatic heterocycles. The Morgan fingerprint density at radius 2 is 2.41 bits per heavy atom. The number of hydrogen-bond donors (Lipinski definition) is 1. The van der Waals surface area contributed by atoms with E-state index in [9.17, 15) is 4.79 Å². The molecule has 5 heteroatoms. The van der Waals surface area contributed by atoms with Gasteiger partial charge in [-0.15, -0.1) is 0 Å². The van der Waals surface area contributed by atoms with E-state index >= 15 is 0 Å². The normalized spacial score (nSPS) is 15.1. The summed E-state index contributed by atoms with van der Waals surface area (Å²) < 4.78 is 0. The summed E-state index contributed by atoms with van der Waals surface area (Å²) in [6.45, 7) is 0.881. The van der Waals surface area contributed by atoms with E-state index in [1.165, 1.54) is 19.3 Å². The highest BCUT2D eigenvalue weighted by atomic mass is 16.1. The molecule has 0 aromatic carbocycles. The van der Waals surface area contributed by atoms with Crippen LogP contribution in [0.1, 0.15) is 31.4 Å². The Morgan fingerprint density at radius 3 is 3.00 bits per heavy atom.